The number of nitrogens with one attached hydrogen (secondary N) is 1. The maximum Gasteiger partial charge on any atom is 0.247 e. The number of nitrogens with two attached hydrogens (primary N) is 1. The van der Waals surface area contributed by atoms with Gasteiger partial charge in [0.15, 0.2) is 11.0 Å². The van der Waals surface area contributed by atoms with Crippen molar-refractivity contribution in [1.82, 2.24) is 19.7 Å². The summed E-state index contributed by atoms with van der Waals surface area (Å²) in [6.07, 6.45) is 1.61. The van der Waals surface area contributed by atoms with Gasteiger partial charge in [-0.3, -0.25) is 9.48 Å². The third kappa shape index (κ3) is 2.92. The van der Waals surface area contributed by atoms with E-state index in [1.807, 2.05) is 12.1 Å². The molecule has 0 saturated carbocycles. The van der Waals surface area contributed by atoms with Crippen LogP contribution in [0.4, 0.5) is 11.6 Å². The van der Waals surface area contributed by atoms with Gasteiger partial charge in [0.05, 0.1) is 11.0 Å². The third-order valence-corrected chi connectivity index (χ3v) is 3.02. The SMILES string of the molecule is Nc1ccn(CC(=O)Nc2nc3ccccc3nc2Cl)n1. The molecule has 0 bridgehead atoms. The largest absolute Gasteiger partial charge is 0.382 e. The number of fused-ring (bicyclic) bond motifs is 1. The van der Waals surface area contributed by atoms with Crippen LogP contribution in [0.5, 0.6) is 0 Å². The Balaban J connectivity index is 1.80. The van der Waals surface area contributed by atoms with Crippen molar-refractivity contribution in [3.63, 3.8) is 0 Å². The number of halogens is 1. The molecule has 0 aliphatic rings. The van der Waals surface area contributed by atoms with E-state index in [0.29, 0.717) is 16.9 Å². The number of nitrogens with zero attached hydrogens (tertiary/aromatic N) is 4. The van der Waals surface area contributed by atoms with Gasteiger partial charge in [0.2, 0.25) is 5.91 Å². The number of carbonyl (C=O) groups excluding carboxylic acids is 1. The Morgan fingerprint density at radius 3 is 2.62 bits per heavy atom. The molecule has 2 aromatic heterocycles. The highest BCUT2D eigenvalue weighted by Gasteiger charge is 2.11. The van der Waals surface area contributed by atoms with Crippen LogP contribution in [0.25, 0.3) is 11.0 Å². The average Bonchev–Trinajstić information content (AvgIpc) is 2.85. The second-order valence-corrected chi connectivity index (χ2v) is 4.70. The fourth-order valence-corrected chi connectivity index (χ4v) is 2.02. The van der Waals surface area contributed by atoms with Gasteiger partial charge in [-0.2, -0.15) is 5.10 Å². The van der Waals surface area contributed by atoms with Gasteiger partial charge in [-0.15, -0.1) is 0 Å². The van der Waals surface area contributed by atoms with E-state index in [1.165, 1.54) is 4.68 Å². The van der Waals surface area contributed by atoms with E-state index in [0.717, 1.165) is 0 Å². The van der Waals surface area contributed by atoms with Gasteiger partial charge in [0.25, 0.3) is 0 Å². The summed E-state index contributed by atoms with van der Waals surface area (Å²) in [5, 5.41) is 6.68. The summed E-state index contributed by atoms with van der Waals surface area (Å²) >= 11 is 6.02. The quantitative estimate of drug-likeness (QED) is 0.767. The van der Waals surface area contributed by atoms with Crippen molar-refractivity contribution in [1.29, 1.82) is 0 Å². The van der Waals surface area contributed by atoms with Crippen LogP contribution in [0.2, 0.25) is 5.15 Å². The number of anilines is 2. The molecule has 3 rings (SSSR count). The van der Waals surface area contributed by atoms with Crippen molar-refractivity contribution in [2.75, 3.05) is 11.1 Å². The smallest absolute Gasteiger partial charge is 0.247 e. The van der Waals surface area contributed by atoms with Gasteiger partial charge in [-0.05, 0) is 18.2 Å². The standard InChI is InChI=1S/C13H11ClN6O/c14-12-13(17-9-4-2-1-3-8(9)16-12)18-11(21)7-20-6-5-10(15)19-20/h1-6H,7H2,(H2,15,19)(H,17,18,21). The molecule has 0 unspecified atom stereocenters. The van der Waals surface area contributed by atoms with E-state index in [9.17, 15) is 4.79 Å². The molecule has 0 fully saturated rings. The molecule has 0 radical (unpaired) electrons. The molecule has 8 heteroatoms. The predicted octanol–water partition coefficient (Wildman–Crippen LogP) is 1.70. The summed E-state index contributed by atoms with van der Waals surface area (Å²) in [6, 6.07) is 8.88. The Hall–Kier alpha value is -2.67. The molecule has 3 aromatic rings. The normalized spacial score (nSPS) is 10.7. The lowest BCUT2D eigenvalue weighted by Gasteiger charge is -2.07. The molecule has 106 valence electrons. The summed E-state index contributed by atoms with van der Waals surface area (Å²) in [5.74, 6) is 0.261. The van der Waals surface area contributed by atoms with Crippen LogP contribution in [-0.4, -0.2) is 25.7 Å². The van der Waals surface area contributed by atoms with Gasteiger partial charge < -0.3 is 11.1 Å². The van der Waals surface area contributed by atoms with Crippen LogP contribution in [-0.2, 0) is 11.3 Å². The first-order valence-corrected chi connectivity index (χ1v) is 6.51. The van der Waals surface area contributed by atoms with Crippen LogP contribution < -0.4 is 11.1 Å². The molecule has 0 atom stereocenters. The number of hydrogen-bond donors (Lipinski definition) is 2. The van der Waals surface area contributed by atoms with Gasteiger partial charge in [-0.1, -0.05) is 23.7 Å². The zero-order chi connectivity index (χ0) is 14.8. The Bertz CT molecular complexity index is 815. The van der Waals surface area contributed by atoms with E-state index in [4.69, 9.17) is 17.3 Å². The number of hydrogen-bond acceptors (Lipinski definition) is 5. The molecule has 21 heavy (non-hydrogen) atoms. The van der Waals surface area contributed by atoms with E-state index in [-0.39, 0.29) is 23.4 Å². The first-order valence-electron chi connectivity index (χ1n) is 6.13. The average molecular weight is 303 g/mol. The number of para-hydroxylation sites is 2. The molecule has 0 spiro atoms. The second-order valence-electron chi connectivity index (χ2n) is 4.34. The fraction of sp³-hybridized carbons (Fsp3) is 0.0769. The topological polar surface area (TPSA) is 98.7 Å². The molecular formula is C13H11ClN6O. The number of rotatable bonds is 3. The van der Waals surface area contributed by atoms with Crippen LogP contribution in [0.15, 0.2) is 36.5 Å². The number of nitrogen functional groups attached to an aromatic ring is 1. The second kappa shape index (κ2) is 5.37. The Morgan fingerprint density at radius 1 is 1.24 bits per heavy atom. The highest BCUT2D eigenvalue weighted by atomic mass is 35.5. The number of carbonyl (C=O) groups is 1. The van der Waals surface area contributed by atoms with E-state index in [2.05, 4.69) is 20.4 Å². The van der Waals surface area contributed by atoms with Gasteiger partial charge >= 0.3 is 0 Å². The summed E-state index contributed by atoms with van der Waals surface area (Å²) in [4.78, 5) is 20.4. The van der Waals surface area contributed by atoms with Crippen LogP contribution in [0.3, 0.4) is 0 Å². The molecule has 1 aromatic carbocycles. The van der Waals surface area contributed by atoms with E-state index < -0.39 is 0 Å². The van der Waals surface area contributed by atoms with Gasteiger partial charge in [0.1, 0.15) is 12.4 Å². The molecule has 3 N–H and O–H groups in total. The van der Waals surface area contributed by atoms with Crippen molar-refractivity contribution in [3.8, 4) is 0 Å². The van der Waals surface area contributed by atoms with Crippen molar-refractivity contribution in [2.24, 2.45) is 0 Å². The number of aromatic nitrogens is 4. The lowest BCUT2D eigenvalue weighted by Crippen LogP contribution is -2.20. The highest BCUT2D eigenvalue weighted by Crippen LogP contribution is 2.20. The summed E-state index contributed by atoms with van der Waals surface area (Å²) < 4.78 is 1.42. The zero-order valence-electron chi connectivity index (χ0n) is 10.8. The van der Waals surface area contributed by atoms with Crippen LogP contribution in [0, 0.1) is 0 Å². The first-order chi connectivity index (χ1) is 10.1. The minimum Gasteiger partial charge on any atom is -0.382 e. The lowest BCUT2D eigenvalue weighted by atomic mass is 10.3. The maximum atomic E-state index is 11.9. The summed E-state index contributed by atoms with van der Waals surface area (Å²) in [7, 11) is 0. The lowest BCUT2D eigenvalue weighted by molar-refractivity contribution is -0.116. The highest BCUT2D eigenvalue weighted by molar-refractivity contribution is 6.32. The minimum atomic E-state index is -0.315. The predicted molar refractivity (Wildman–Crippen MR) is 79.8 cm³/mol. The maximum absolute atomic E-state index is 11.9. The van der Waals surface area contributed by atoms with Gasteiger partial charge in [0, 0.05) is 6.20 Å². The molecule has 1 amide bonds. The molecule has 0 saturated heterocycles. The Labute approximate surface area is 124 Å². The fourth-order valence-electron chi connectivity index (χ4n) is 1.84. The van der Waals surface area contributed by atoms with E-state index >= 15 is 0 Å². The Morgan fingerprint density at radius 2 is 1.95 bits per heavy atom. The Kier molecular flexibility index (Phi) is 3.41. The minimum absolute atomic E-state index is 0.0159. The molecule has 2 heterocycles. The number of benzene rings is 1. The van der Waals surface area contributed by atoms with Crippen LogP contribution in [0.1, 0.15) is 0 Å². The van der Waals surface area contributed by atoms with Crippen molar-refractivity contribution in [2.45, 2.75) is 6.54 Å². The van der Waals surface area contributed by atoms with Crippen LogP contribution >= 0.6 is 11.6 Å². The summed E-state index contributed by atoms with van der Waals surface area (Å²) in [6.45, 7) is 0.0159. The number of amides is 1. The van der Waals surface area contributed by atoms with Crippen molar-refractivity contribution < 1.29 is 4.79 Å². The molecule has 7 nitrogen and oxygen atoms in total. The molecule has 0 aliphatic carbocycles. The monoisotopic (exact) mass is 302 g/mol. The van der Waals surface area contributed by atoms with Gasteiger partial charge in [-0.25, -0.2) is 9.97 Å². The molecular weight excluding hydrogens is 292 g/mol. The van der Waals surface area contributed by atoms with Crippen molar-refractivity contribution >= 4 is 40.2 Å². The summed E-state index contributed by atoms with van der Waals surface area (Å²) in [5.41, 5.74) is 6.81. The molecule has 0 aliphatic heterocycles. The zero-order valence-corrected chi connectivity index (χ0v) is 11.6. The van der Waals surface area contributed by atoms with Crippen molar-refractivity contribution in [3.05, 3.63) is 41.7 Å². The third-order valence-electron chi connectivity index (χ3n) is 2.75. The van der Waals surface area contributed by atoms with E-state index in [1.54, 1.807) is 24.4 Å². The first kappa shape index (κ1) is 13.3.